The molecule has 0 aromatic carbocycles. The van der Waals surface area contributed by atoms with Gasteiger partial charge >= 0.3 is 0 Å². The molecule has 0 saturated carbocycles. The Kier molecular flexibility index (Phi) is 5.27. The first kappa shape index (κ1) is 15.9. The van der Waals surface area contributed by atoms with Crippen LogP contribution in [-0.4, -0.2) is 46.9 Å². The van der Waals surface area contributed by atoms with E-state index < -0.39 is 19.9 Å². The minimum absolute atomic E-state index is 0.00606. The molecule has 1 aromatic heterocycles. The third-order valence-corrected chi connectivity index (χ3v) is 5.61. The van der Waals surface area contributed by atoms with Crippen molar-refractivity contribution < 1.29 is 16.8 Å². The number of hydrogen-bond donors (Lipinski definition) is 2. The fourth-order valence-corrected chi connectivity index (χ4v) is 3.15. The lowest BCUT2D eigenvalue weighted by molar-refractivity contribution is 0.581. The molecular weight excluding hydrogens is 290 g/mol. The monoisotopic (exact) mass is 307 g/mol. The Morgan fingerprint density at radius 2 is 1.95 bits per heavy atom. The van der Waals surface area contributed by atoms with Gasteiger partial charge in [-0.3, -0.25) is 0 Å². The van der Waals surface area contributed by atoms with E-state index in [0.717, 1.165) is 0 Å². The van der Waals surface area contributed by atoms with E-state index in [0.29, 0.717) is 5.82 Å². The van der Waals surface area contributed by atoms with Crippen LogP contribution in [0.3, 0.4) is 0 Å². The predicted octanol–water partition coefficient (Wildman–Crippen LogP) is -0.164. The fraction of sp³-hybridized carbons (Fsp3) is 0.500. The summed E-state index contributed by atoms with van der Waals surface area (Å²) >= 11 is 0. The maximum atomic E-state index is 11.9. The molecule has 0 bridgehead atoms. The fourth-order valence-electron chi connectivity index (χ4n) is 1.27. The number of rotatable bonds is 7. The maximum absolute atomic E-state index is 11.9. The van der Waals surface area contributed by atoms with E-state index in [1.165, 1.54) is 25.3 Å². The topological polar surface area (TPSA) is 105 Å². The van der Waals surface area contributed by atoms with Gasteiger partial charge in [-0.2, -0.15) is 0 Å². The van der Waals surface area contributed by atoms with Crippen molar-refractivity contribution in [1.29, 1.82) is 0 Å². The zero-order chi connectivity index (χ0) is 14.5. The summed E-state index contributed by atoms with van der Waals surface area (Å²) in [7, 11) is -5.28. The smallest absolute Gasteiger partial charge is 0.240 e. The molecule has 9 heteroatoms. The van der Waals surface area contributed by atoms with Crippen LogP contribution in [0.1, 0.15) is 6.92 Å². The number of nitrogens with one attached hydrogen (secondary N) is 2. The minimum atomic E-state index is -3.72. The molecular formula is C10H17N3O4S2. The van der Waals surface area contributed by atoms with Crippen molar-refractivity contribution in [2.45, 2.75) is 11.8 Å². The second kappa shape index (κ2) is 6.31. The van der Waals surface area contributed by atoms with Crippen LogP contribution in [0.5, 0.6) is 0 Å². The number of sulfone groups is 1. The van der Waals surface area contributed by atoms with Crippen LogP contribution in [0.4, 0.5) is 5.82 Å². The van der Waals surface area contributed by atoms with E-state index in [1.54, 1.807) is 7.05 Å². The highest BCUT2D eigenvalue weighted by atomic mass is 32.2. The van der Waals surface area contributed by atoms with Gasteiger partial charge in [-0.25, -0.2) is 26.5 Å². The molecule has 0 atom stereocenters. The average molecular weight is 307 g/mol. The Bertz CT molecular complexity index is 626. The number of anilines is 1. The number of nitrogens with zero attached hydrogens (tertiary/aromatic N) is 1. The first-order valence-corrected chi connectivity index (χ1v) is 8.95. The molecule has 1 rings (SSSR count). The summed E-state index contributed by atoms with van der Waals surface area (Å²) in [6, 6.07) is 2.72. The van der Waals surface area contributed by atoms with Gasteiger partial charge in [0.1, 0.15) is 5.82 Å². The molecule has 0 aliphatic heterocycles. The van der Waals surface area contributed by atoms with Gasteiger partial charge in [-0.15, -0.1) is 0 Å². The number of pyridine rings is 1. The molecule has 1 heterocycles. The van der Waals surface area contributed by atoms with Crippen LogP contribution >= 0.6 is 0 Å². The number of aromatic nitrogens is 1. The van der Waals surface area contributed by atoms with Gasteiger partial charge in [0.05, 0.1) is 10.6 Å². The summed E-state index contributed by atoms with van der Waals surface area (Å²) in [5, 5.41) is 2.73. The standard InChI is InChI=1S/C10H17N3O4S2/c1-3-18(14,15)7-6-13-19(16,17)9-4-5-12-10(8-9)11-2/h4-5,8,13H,3,6-7H2,1-2H3,(H,11,12). The molecule has 19 heavy (non-hydrogen) atoms. The summed E-state index contributed by atoms with van der Waals surface area (Å²) in [4.78, 5) is 3.95. The summed E-state index contributed by atoms with van der Waals surface area (Å²) in [6.45, 7) is 1.38. The highest BCUT2D eigenvalue weighted by Crippen LogP contribution is 2.11. The Hall–Kier alpha value is -1.19. The highest BCUT2D eigenvalue weighted by Gasteiger charge is 2.16. The van der Waals surface area contributed by atoms with Crippen LogP contribution in [0.2, 0.25) is 0 Å². The molecule has 0 fully saturated rings. The molecule has 1 aromatic rings. The lowest BCUT2D eigenvalue weighted by Gasteiger charge is -2.07. The Morgan fingerprint density at radius 3 is 2.53 bits per heavy atom. The zero-order valence-electron chi connectivity index (χ0n) is 10.8. The molecule has 0 spiro atoms. The lowest BCUT2D eigenvalue weighted by Crippen LogP contribution is -2.29. The molecule has 0 aliphatic rings. The third kappa shape index (κ3) is 4.77. The number of hydrogen-bond acceptors (Lipinski definition) is 6. The molecule has 108 valence electrons. The van der Waals surface area contributed by atoms with Crippen molar-refractivity contribution in [2.24, 2.45) is 0 Å². The molecule has 0 aliphatic carbocycles. The van der Waals surface area contributed by atoms with Crippen molar-refractivity contribution in [1.82, 2.24) is 9.71 Å². The van der Waals surface area contributed by atoms with Crippen molar-refractivity contribution >= 4 is 25.7 Å². The highest BCUT2D eigenvalue weighted by molar-refractivity contribution is 7.91. The van der Waals surface area contributed by atoms with Crippen LogP contribution < -0.4 is 10.0 Å². The Labute approximate surface area is 113 Å². The normalized spacial score (nSPS) is 12.3. The first-order valence-electron chi connectivity index (χ1n) is 5.64. The minimum Gasteiger partial charge on any atom is -0.373 e. The molecule has 7 nitrogen and oxygen atoms in total. The maximum Gasteiger partial charge on any atom is 0.240 e. The van der Waals surface area contributed by atoms with Crippen LogP contribution in [0.15, 0.2) is 23.2 Å². The second-order valence-electron chi connectivity index (χ2n) is 3.76. The summed E-state index contributed by atoms with van der Waals surface area (Å²) in [5.41, 5.74) is 0. The van der Waals surface area contributed by atoms with Crippen molar-refractivity contribution in [3.8, 4) is 0 Å². The van der Waals surface area contributed by atoms with E-state index in [1.807, 2.05) is 0 Å². The van der Waals surface area contributed by atoms with E-state index in [-0.39, 0.29) is 22.9 Å². The first-order chi connectivity index (χ1) is 8.80. The summed E-state index contributed by atoms with van der Waals surface area (Å²) < 4.78 is 48.6. The largest absolute Gasteiger partial charge is 0.373 e. The number of sulfonamides is 1. The van der Waals surface area contributed by atoms with E-state index in [9.17, 15) is 16.8 Å². The molecule has 0 unspecified atom stereocenters. The van der Waals surface area contributed by atoms with Gasteiger partial charge in [0, 0.05) is 31.6 Å². The van der Waals surface area contributed by atoms with Gasteiger partial charge in [0.25, 0.3) is 0 Å². The Morgan fingerprint density at radius 1 is 1.26 bits per heavy atom. The van der Waals surface area contributed by atoms with Crippen molar-refractivity contribution in [2.75, 3.05) is 30.4 Å². The lowest BCUT2D eigenvalue weighted by atomic mass is 10.5. The van der Waals surface area contributed by atoms with E-state index in [4.69, 9.17) is 0 Å². The third-order valence-electron chi connectivity index (χ3n) is 2.44. The van der Waals surface area contributed by atoms with E-state index >= 15 is 0 Å². The summed E-state index contributed by atoms with van der Waals surface area (Å²) in [5.74, 6) is 0.199. The van der Waals surface area contributed by atoms with Gasteiger partial charge in [0.2, 0.25) is 10.0 Å². The van der Waals surface area contributed by atoms with E-state index in [2.05, 4.69) is 15.0 Å². The van der Waals surface area contributed by atoms with Crippen molar-refractivity contribution in [3.05, 3.63) is 18.3 Å². The van der Waals surface area contributed by atoms with Gasteiger partial charge in [-0.1, -0.05) is 6.92 Å². The Balaban J connectivity index is 2.76. The molecule has 0 radical (unpaired) electrons. The second-order valence-corrected chi connectivity index (χ2v) is 8.00. The van der Waals surface area contributed by atoms with Crippen LogP contribution in [0.25, 0.3) is 0 Å². The molecule has 0 amide bonds. The van der Waals surface area contributed by atoms with Gasteiger partial charge < -0.3 is 5.32 Å². The molecule has 0 saturated heterocycles. The molecule has 2 N–H and O–H groups in total. The van der Waals surface area contributed by atoms with Crippen molar-refractivity contribution in [3.63, 3.8) is 0 Å². The van der Waals surface area contributed by atoms with Gasteiger partial charge in [0.15, 0.2) is 9.84 Å². The van der Waals surface area contributed by atoms with Gasteiger partial charge in [-0.05, 0) is 6.07 Å². The zero-order valence-corrected chi connectivity index (χ0v) is 12.4. The van der Waals surface area contributed by atoms with Crippen LogP contribution in [-0.2, 0) is 19.9 Å². The quantitative estimate of drug-likeness (QED) is 0.725. The SMILES string of the molecule is CCS(=O)(=O)CCNS(=O)(=O)c1ccnc(NC)c1. The summed E-state index contributed by atoms with van der Waals surface area (Å²) in [6.07, 6.45) is 1.36. The van der Waals surface area contributed by atoms with Crippen LogP contribution in [0, 0.1) is 0 Å². The average Bonchev–Trinajstić information content (AvgIpc) is 2.38. The predicted molar refractivity (Wildman–Crippen MR) is 73.3 cm³/mol.